The van der Waals surface area contributed by atoms with Gasteiger partial charge in [-0.15, -0.1) is 0 Å². The summed E-state index contributed by atoms with van der Waals surface area (Å²) < 4.78 is 4.80. The van der Waals surface area contributed by atoms with Crippen LogP contribution < -0.4 is 14.7 Å². The minimum atomic E-state index is -1.34. The highest BCUT2D eigenvalue weighted by atomic mass is 35.5. The van der Waals surface area contributed by atoms with E-state index in [1.807, 2.05) is 0 Å². The van der Waals surface area contributed by atoms with Gasteiger partial charge in [0.25, 0.3) is 0 Å². The Balaban J connectivity index is 0.000000712. The molecule has 0 unspecified atom stereocenters. The minimum Gasteiger partial charge on any atom is -0.546 e. The number of quaternary nitrogens is 1. The highest BCUT2D eigenvalue weighted by molar-refractivity contribution is 6.43. The fourth-order valence-corrected chi connectivity index (χ4v) is 3.81. The van der Waals surface area contributed by atoms with E-state index in [2.05, 4.69) is 45.3 Å². The van der Waals surface area contributed by atoms with Gasteiger partial charge in [0.1, 0.15) is 12.4 Å². The Labute approximate surface area is 228 Å². The topological polar surface area (TPSA) is 53.8 Å². The Hall–Kier alpha value is -1.20. The number of carboxylic acids is 1. The second-order valence-corrected chi connectivity index (χ2v) is 10.1. The third-order valence-corrected chi connectivity index (χ3v) is 6.22. The lowest BCUT2D eigenvalue weighted by atomic mass is 10.1. The molecule has 0 aliphatic rings. The molecule has 0 aromatic heterocycles. The average Bonchev–Trinajstić information content (AvgIpc) is 2.80. The molecule has 0 bridgehead atoms. The van der Waals surface area contributed by atoms with Crippen LogP contribution in [-0.2, 0) is 4.79 Å². The van der Waals surface area contributed by atoms with Crippen LogP contribution in [0.25, 0.3) is 0 Å². The molecule has 0 aliphatic heterocycles. The maximum absolute atomic E-state index is 10.1. The predicted molar refractivity (Wildman–Crippen MR) is 149 cm³/mol. The van der Waals surface area contributed by atoms with Crippen LogP contribution in [0.5, 0.6) is 5.75 Å². The second kappa shape index (κ2) is 23.2. The summed E-state index contributed by atoms with van der Waals surface area (Å²) in [4.78, 5) is 11.7. The van der Waals surface area contributed by atoms with Gasteiger partial charge in [-0.05, 0) is 51.0 Å². The lowest BCUT2D eigenvalue weighted by Crippen LogP contribution is -3.05. The van der Waals surface area contributed by atoms with Crippen molar-refractivity contribution in [2.45, 2.75) is 84.0 Å². The van der Waals surface area contributed by atoms with Crippen LogP contribution in [0.2, 0.25) is 15.1 Å². The summed E-state index contributed by atoms with van der Waals surface area (Å²) in [6.45, 7) is 3.00. The fraction of sp³-hybridized carbons (Fsp3) is 0.607. The maximum atomic E-state index is 10.1. The molecule has 0 radical (unpaired) electrons. The first-order chi connectivity index (χ1) is 16.8. The summed E-state index contributed by atoms with van der Waals surface area (Å²) in [5, 5.41) is 10.8. The Morgan fingerprint density at radius 1 is 0.829 bits per heavy atom. The van der Waals surface area contributed by atoms with Crippen LogP contribution in [0.1, 0.15) is 84.0 Å². The molecule has 200 valence electrons. The van der Waals surface area contributed by atoms with Crippen molar-refractivity contribution in [2.24, 2.45) is 0 Å². The molecule has 1 rings (SSSR count). The van der Waals surface area contributed by atoms with Crippen molar-refractivity contribution in [1.82, 2.24) is 0 Å². The van der Waals surface area contributed by atoms with Crippen molar-refractivity contribution in [3.05, 3.63) is 51.5 Å². The number of carbonyl (C=O) groups is 1. The molecule has 4 nitrogen and oxygen atoms in total. The van der Waals surface area contributed by atoms with Crippen molar-refractivity contribution in [1.29, 1.82) is 0 Å². The largest absolute Gasteiger partial charge is 0.546 e. The van der Waals surface area contributed by atoms with Gasteiger partial charge in [0.2, 0.25) is 0 Å². The van der Waals surface area contributed by atoms with E-state index in [0.29, 0.717) is 0 Å². The number of carboxylic acid groups (broad SMARTS) is 1. The highest BCUT2D eigenvalue weighted by Gasteiger charge is 2.06. The van der Waals surface area contributed by atoms with E-state index in [-0.39, 0.29) is 20.8 Å². The van der Waals surface area contributed by atoms with Crippen LogP contribution >= 0.6 is 34.8 Å². The quantitative estimate of drug-likeness (QED) is 0.126. The van der Waals surface area contributed by atoms with Crippen LogP contribution in [-0.4, -0.2) is 33.2 Å². The SMILES string of the molecule is CCCCCC=CCC=CCCCCCCCC[NH+](C)C.O=C([O-])COc1cc(Cl)c(Cl)cc1Cl. The number of hydrogen-bond donors (Lipinski definition) is 1. The Morgan fingerprint density at radius 3 is 1.94 bits per heavy atom. The molecule has 35 heavy (non-hydrogen) atoms. The van der Waals surface area contributed by atoms with Crippen molar-refractivity contribution >= 4 is 40.8 Å². The first-order valence-corrected chi connectivity index (χ1v) is 14.0. The van der Waals surface area contributed by atoms with Crippen LogP contribution in [0.15, 0.2) is 36.4 Å². The van der Waals surface area contributed by atoms with Gasteiger partial charge in [-0.25, -0.2) is 0 Å². The van der Waals surface area contributed by atoms with Gasteiger partial charge in [-0.2, -0.15) is 0 Å². The summed E-state index contributed by atoms with van der Waals surface area (Å²) in [6.07, 6.45) is 25.5. The van der Waals surface area contributed by atoms with Crippen molar-refractivity contribution in [3.8, 4) is 5.75 Å². The number of halogens is 3. The van der Waals surface area contributed by atoms with Gasteiger partial charge >= 0.3 is 0 Å². The Bertz CT molecular complexity index is 736. The first kappa shape index (κ1) is 33.8. The summed E-state index contributed by atoms with van der Waals surface area (Å²) >= 11 is 17.0. The number of ether oxygens (including phenoxy) is 1. The minimum absolute atomic E-state index is 0.158. The second-order valence-electron chi connectivity index (χ2n) is 8.90. The summed E-state index contributed by atoms with van der Waals surface area (Å²) in [6, 6.07) is 2.71. The number of nitrogens with one attached hydrogen (secondary N) is 1. The number of rotatable bonds is 18. The normalized spacial score (nSPS) is 11.3. The van der Waals surface area contributed by atoms with E-state index in [1.165, 1.54) is 89.3 Å². The zero-order chi connectivity index (χ0) is 26.3. The lowest BCUT2D eigenvalue weighted by molar-refractivity contribution is -0.858. The summed E-state index contributed by atoms with van der Waals surface area (Å²) in [5.41, 5.74) is 0. The molecular formula is C28H44Cl3NO3. The molecular weight excluding hydrogens is 505 g/mol. The number of allylic oxidation sites excluding steroid dienone is 4. The molecule has 1 aromatic carbocycles. The molecule has 0 atom stereocenters. The Morgan fingerprint density at radius 2 is 1.37 bits per heavy atom. The van der Waals surface area contributed by atoms with Crippen molar-refractivity contribution in [3.63, 3.8) is 0 Å². The first-order valence-electron chi connectivity index (χ1n) is 12.8. The van der Waals surface area contributed by atoms with E-state index in [0.717, 1.165) is 6.42 Å². The molecule has 0 amide bonds. The summed E-state index contributed by atoms with van der Waals surface area (Å²) in [5.74, 6) is -1.18. The monoisotopic (exact) mass is 547 g/mol. The molecule has 1 N–H and O–H groups in total. The predicted octanol–water partition coefficient (Wildman–Crippen LogP) is 6.72. The van der Waals surface area contributed by atoms with Gasteiger partial charge in [-0.3, -0.25) is 0 Å². The van der Waals surface area contributed by atoms with Gasteiger partial charge < -0.3 is 19.5 Å². The van der Waals surface area contributed by atoms with Crippen molar-refractivity contribution in [2.75, 3.05) is 27.2 Å². The molecule has 0 fully saturated rings. The molecule has 1 aromatic rings. The number of hydrogen-bond acceptors (Lipinski definition) is 3. The smallest absolute Gasteiger partial charge is 0.140 e. The third kappa shape index (κ3) is 21.8. The molecule has 0 saturated heterocycles. The maximum Gasteiger partial charge on any atom is 0.140 e. The molecule has 0 spiro atoms. The van der Waals surface area contributed by atoms with E-state index < -0.39 is 12.6 Å². The zero-order valence-corrected chi connectivity index (χ0v) is 24.0. The zero-order valence-electron chi connectivity index (χ0n) is 21.7. The third-order valence-electron chi connectivity index (χ3n) is 5.20. The van der Waals surface area contributed by atoms with Crippen LogP contribution in [0.3, 0.4) is 0 Å². The number of benzene rings is 1. The average molecular weight is 549 g/mol. The standard InChI is InChI=1S/C20H39N.C8H5Cl3O3/c1-4-5-6-7-8-9-10-11-12-13-14-15-16-17-18-19-20-21(2)3;9-4-1-6(11)7(2-5(4)10)14-3-8(12)13/h8-9,11-12H,4-7,10,13-20H2,1-3H3;1-2H,3H2,(H,12,13). The van der Waals surface area contributed by atoms with Gasteiger partial charge in [0, 0.05) is 6.07 Å². The molecule has 0 heterocycles. The Kier molecular flexibility index (Phi) is 22.4. The lowest BCUT2D eigenvalue weighted by Gasteiger charge is -2.09. The van der Waals surface area contributed by atoms with E-state index in [1.54, 1.807) is 4.90 Å². The number of carbonyl (C=O) groups excluding carboxylic acids is 1. The van der Waals surface area contributed by atoms with E-state index in [9.17, 15) is 9.90 Å². The van der Waals surface area contributed by atoms with E-state index in [4.69, 9.17) is 39.5 Å². The van der Waals surface area contributed by atoms with E-state index >= 15 is 0 Å². The fourth-order valence-electron chi connectivity index (χ4n) is 3.22. The number of aliphatic carboxylic acids is 1. The molecule has 0 aliphatic carbocycles. The molecule has 7 heteroatoms. The van der Waals surface area contributed by atoms with Gasteiger partial charge in [0.05, 0.1) is 41.7 Å². The highest BCUT2D eigenvalue weighted by Crippen LogP contribution is 2.33. The van der Waals surface area contributed by atoms with Gasteiger partial charge in [-0.1, -0.05) is 98.1 Å². The van der Waals surface area contributed by atoms with Gasteiger partial charge in [0.15, 0.2) is 0 Å². The van der Waals surface area contributed by atoms with Crippen LogP contribution in [0, 0.1) is 0 Å². The van der Waals surface area contributed by atoms with Crippen LogP contribution in [0.4, 0.5) is 0 Å². The van der Waals surface area contributed by atoms with Crippen molar-refractivity contribution < 1.29 is 19.5 Å². The molecule has 0 saturated carbocycles. The summed E-state index contributed by atoms with van der Waals surface area (Å²) in [7, 11) is 4.49. The number of unbranched alkanes of at least 4 members (excludes halogenated alkanes) is 9.